The monoisotopic (exact) mass is 591 g/mol. The van der Waals surface area contributed by atoms with E-state index in [1.165, 1.54) is 22.3 Å². The van der Waals surface area contributed by atoms with E-state index in [1.54, 1.807) is 0 Å². The fraction of sp³-hybridized carbons (Fsp3) is 0.0488. The fourth-order valence-electron chi connectivity index (χ4n) is 6.27. The van der Waals surface area contributed by atoms with Gasteiger partial charge in [0.1, 0.15) is 5.75 Å². The number of rotatable bonds is 5. The summed E-state index contributed by atoms with van der Waals surface area (Å²) >= 11 is 0. The van der Waals surface area contributed by atoms with E-state index in [0.29, 0.717) is 17.5 Å². The van der Waals surface area contributed by atoms with Crippen LogP contribution in [0.5, 0.6) is 5.75 Å². The van der Waals surface area contributed by atoms with Crippen LogP contribution in [0, 0.1) is 0 Å². The van der Waals surface area contributed by atoms with E-state index in [0.717, 1.165) is 39.1 Å². The first-order valence-corrected chi connectivity index (χ1v) is 15.5. The number of nitrogens with zero attached hydrogens (tertiary/aromatic N) is 3. The second-order valence-electron chi connectivity index (χ2n) is 12.0. The Labute approximate surface area is 269 Å². The molecular weight excluding hydrogens is 561 g/mol. The number of hydrogen-bond donors (Lipinski definition) is 0. The van der Waals surface area contributed by atoms with Crippen molar-refractivity contribution in [2.75, 3.05) is 0 Å². The fourth-order valence-corrected chi connectivity index (χ4v) is 6.27. The van der Waals surface area contributed by atoms with Crippen LogP contribution in [-0.2, 0) is 5.50 Å². The molecule has 1 aliphatic rings. The lowest BCUT2D eigenvalue weighted by molar-refractivity contribution is 0.175. The first-order valence-electron chi connectivity index (χ1n) is 15.5. The maximum atomic E-state index is 6.42. The van der Waals surface area contributed by atoms with E-state index in [4.69, 9.17) is 19.7 Å². The van der Waals surface area contributed by atoms with Crippen molar-refractivity contribution in [3.05, 3.63) is 157 Å². The van der Waals surface area contributed by atoms with Gasteiger partial charge in [0.05, 0.1) is 5.50 Å². The van der Waals surface area contributed by atoms with Crippen LogP contribution in [0.1, 0.15) is 12.5 Å². The molecular formula is C41H30BN3O. The number of aromatic nitrogens is 3. The zero-order valence-electron chi connectivity index (χ0n) is 25.7. The molecule has 0 saturated carbocycles. The van der Waals surface area contributed by atoms with Gasteiger partial charge in [0.15, 0.2) is 25.3 Å². The first kappa shape index (κ1) is 27.7. The highest BCUT2D eigenvalue weighted by atomic mass is 16.5. The Morgan fingerprint density at radius 3 is 1.48 bits per heavy atom. The third-order valence-corrected chi connectivity index (χ3v) is 8.61. The summed E-state index contributed by atoms with van der Waals surface area (Å²) in [6, 6.07) is 52.2. The minimum atomic E-state index is -0.436. The minimum absolute atomic E-state index is 0.436. The molecule has 5 heteroatoms. The van der Waals surface area contributed by atoms with Gasteiger partial charge in [0.25, 0.3) is 0 Å². The molecule has 46 heavy (non-hydrogen) atoms. The zero-order chi connectivity index (χ0) is 31.1. The van der Waals surface area contributed by atoms with Crippen LogP contribution in [-0.4, -0.2) is 22.8 Å². The van der Waals surface area contributed by atoms with Crippen molar-refractivity contribution in [1.82, 2.24) is 15.0 Å². The van der Waals surface area contributed by atoms with E-state index in [-0.39, 0.29) is 0 Å². The molecule has 0 radical (unpaired) electrons. The van der Waals surface area contributed by atoms with E-state index in [2.05, 4.69) is 124 Å². The summed E-state index contributed by atoms with van der Waals surface area (Å²) in [5.41, 5.74) is 10.5. The molecule has 1 atom stereocenters. The predicted molar refractivity (Wildman–Crippen MR) is 189 cm³/mol. The van der Waals surface area contributed by atoms with Crippen molar-refractivity contribution in [3.8, 4) is 73.3 Å². The molecule has 0 amide bonds. The number of hydrogen-bond acceptors (Lipinski definition) is 4. The Balaban J connectivity index is 1.20. The first-order chi connectivity index (χ1) is 22.5. The molecule has 1 aliphatic heterocycles. The van der Waals surface area contributed by atoms with Crippen LogP contribution in [0.3, 0.4) is 0 Å². The van der Waals surface area contributed by atoms with Crippen LogP contribution < -0.4 is 4.74 Å². The molecule has 4 nitrogen and oxygen atoms in total. The third-order valence-electron chi connectivity index (χ3n) is 8.61. The summed E-state index contributed by atoms with van der Waals surface area (Å²) in [6.07, 6.45) is 0. The van der Waals surface area contributed by atoms with E-state index < -0.39 is 5.50 Å². The van der Waals surface area contributed by atoms with Gasteiger partial charge in [-0.2, -0.15) is 0 Å². The minimum Gasteiger partial charge on any atom is -0.492 e. The van der Waals surface area contributed by atoms with Crippen molar-refractivity contribution in [1.29, 1.82) is 0 Å². The summed E-state index contributed by atoms with van der Waals surface area (Å²) in [7, 11) is 2.13. The average Bonchev–Trinajstić information content (AvgIpc) is 3.12. The normalized spacial score (nSPS) is 15.0. The Hall–Kier alpha value is -5.81. The molecule has 218 valence electrons. The van der Waals surface area contributed by atoms with Gasteiger partial charge in [-0.3, -0.25) is 0 Å². The molecule has 2 heterocycles. The van der Waals surface area contributed by atoms with Crippen molar-refractivity contribution in [3.63, 3.8) is 0 Å². The van der Waals surface area contributed by atoms with Crippen LogP contribution >= 0.6 is 0 Å². The van der Waals surface area contributed by atoms with Gasteiger partial charge in [-0.15, -0.1) is 0 Å². The average molecular weight is 592 g/mol. The van der Waals surface area contributed by atoms with Crippen molar-refractivity contribution >= 4 is 7.85 Å². The maximum Gasteiger partial charge on any atom is 0.164 e. The third kappa shape index (κ3) is 5.06. The molecule has 7 aromatic rings. The highest BCUT2D eigenvalue weighted by Crippen LogP contribution is 2.48. The predicted octanol–water partition coefficient (Wildman–Crippen LogP) is 9.07. The quantitative estimate of drug-likeness (QED) is 0.187. The van der Waals surface area contributed by atoms with Gasteiger partial charge in [-0.05, 0) is 46.4 Å². The summed E-state index contributed by atoms with van der Waals surface area (Å²) in [5, 5.41) is 0. The van der Waals surface area contributed by atoms with E-state index in [9.17, 15) is 0 Å². The van der Waals surface area contributed by atoms with Gasteiger partial charge < -0.3 is 4.74 Å². The van der Waals surface area contributed by atoms with E-state index >= 15 is 0 Å². The SMILES string of the molecule is BC1(C)Oc2ccccc2-c2c(-c3ccc(-c4nc(-c5ccccc5)nc(-c5ccc(-c6ccccc6)cc5)n4)cc3)cccc21. The maximum absolute atomic E-state index is 6.42. The summed E-state index contributed by atoms with van der Waals surface area (Å²) < 4.78 is 6.42. The largest absolute Gasteiger partial charge is 0.492 e. The van der Waals surface area contributed by atoms with E-state index in [1.807, 2.05) is 42.5 Å². The molecule has 6 aromatic carbocycles. The van der Waals surface area contributed by atoms with Crippen LogP contribution in [0.15, 0.2) is 152 Å². The number of fused-ring (bicyclic) bond motifs is 3. The van der Waals surface area contributed by atoms with Crippen molar-refractivity contribution in [2.45, 2.75) is 12.4 Å². The Morgan fingerprint density at radius 1 is 0.435 bits per heavy atom. The molecule has 8 rings (SSSR count). The smallest absolute Gasteiger partial charge is 0.164 e. The topological polar surface area (TPSA) is 47.9 Å². The second-order valence-corrected chi connectivity index (χ2v) is 12.0. The van der Waals surface area contributed by atoms with Gasteiger partial charge >= 0.3 is 0 Å². The van der Waals surface area contributed by atoms with Gasteiger partial charge in [-0.1, -0.05) is 146 Å². The zero-order valence-corrected chi connectivity index (χ0v) is 25.7. The van der Waals surface area contributed by atoms with Gasteiger partial charge in [-0.25, -0.2) is 15.0 Å². The van der Waals surface area contributed by atoms with Gasteiger partial charge in [0, 0.05) is 22.3 Å². The summed E-state index contributed by atoms with van der Waals surface area (Å²) in [4.78, 5) is 14.8. The Bertz CT molecular complexity index is 2180. The lowest BCUT2D eigenvalue weighted by atomic mass is 9.71. The number of para-hydroxylation sites is 1. The molecule has 0 bridgehead atoms. The second kappa shape index (κ2) is 11.3. The van der Waals surface area contributed by atoms with Crippen LogP contribution in [0.25, 0.3) is 67.5 Å². The molecule has 0 aliphatic carbocycles. The van der Waals surface area contributed by atoms with Crippen molar-refractivity contribution in [2.24, 2.45) is 0 Å². The Kier molecular flexibility index (Phi) is 6.80. The molecule has 0 N–H and O–H groups in total. The molecule has 0 fully saturated rings. The Morgan fingerprint density at radius 2 is 0.870 bits per heavy atom. The summed E-state index contributed by atoms with van der Waals surface area (Å²) in [5.74, 6) is 2.83. The summed E-state index contributed by atoms with van der Waals surface area (Å²) in [6.45, 7) is 2.13. The number of benzene rings is 6. The molecule has 0 saturated heterocycles. The highest BCUT2D eigenvalue weighted by Gasteiger charge is 2.33. The lowest BCUT2D eigenvalue weighted by Crippen LogP contribution is -2.33. The lowest BCUT2D eigenvalue weighted by Gasteiger charge is -2.36. The van der Waals surface area contributed by atoms with Crippen LogP contribution in [0.4, 0.5) is 0 Å². The van der Waals surface area contributed by atoms with Crippen molar-refractivity contribution < 1.29 is 4.74 Å². The standard InChI is InChI=1S/C41H30BN3O/c1-41(42)35-17-10-16-33(37(35)34-15-8-9-18-36(34)46-41)29-21-25-32(26-22-29)40-44-38(30-13-6-3-7-14-30)43-39(45-40)31-23-19-28(20-24-31)27-11-4-2-5-12-27/h2-26H,42H2,1H3. The number of ether oxygens (including phenoxy) is 1. The molecule has 1 aromatic heterocycles. The molecule has 0 spiro atoms. The van der Waals surface area contributed by atoms with Crippen LogP contribution in [0.2, 0.25) is 0 Å². The van der Waals surface area contributed by atoms with Gasteiger partial charge in [0.2, 0.25) is 0 Å². The highest BCUT2D eigenvalue weighted by molar-refractivity contribution is 6.16. The molecule has 1 unspecified atom stereocenters.